The molecule has 0 unspecified atom stereocenters. The average molecular weight is 223 g/mol. The molecule has 0 amide bonds. The SMILES string of the molecule is CCc1ccc(CNCCCSC)cc1. The van der Waals surface area contributed by atoms with Gasteiger partial charge in [0.15, 0.2) is 0 Å². The Morgan fingerprint density at radius 2 is 1.80 bits per heavy atom. The summed E-state index contributed by atoms with van der Waals surface area (Å²) in [7, 11) is 0. The standard InChI is InChI=1S/C13H21NS/c1-3-12-5-7-13(8-6-12)11-14-9-4-10-15-2/h5-8,14H,3-4,9-11H2,1-2H3. The van der Waals surface area contributed by atoms with Crippen molar-refractivity contribution in [3.63, 3.8) is 0 Å². The zero-order valence-electron chi connectivity index (χ0n) is 9.75. The summed E-state index contributed by atoms with van der Waals surface area (Å²) in [5, 5.41) is 3.46. The van der Waals surface area contributed by atoms with E-state index in [0.29, 0.717) is 0 Å². The maximum atomic E-state index is 3.46. The molecule has 2 heteroatoms. The second-order valence-corrected chi connectivity index (χ2v) is 4.68. The molecule has 15 heavy (non-hydrogen) atoms. The van der Waals surface area contributed by atoms with E-state index in [0.717, 1.165) is 19.5 Å². The van der Waals surface area contributed by atoms with E-state index in [1.54, 1.807) is 0 Å². The van der Waals surface area contributed by atoms with Crippen molar-refractivity contribution in [3.05, 3.63) is 35.4 Å². The third-order valence-electron chi connectivity index (χ3n) is 2.46. The summed E-state index contributed by atoms with van der Waals surface area (Å²) in [6, 6.07) is 8.89. The van der Waals surface area contributed by atoms with Crippen molar-refractivity contribution in [2.75, 3.05) is 18.6 Å². The van der Waals surface area contributed by atoms with Crippen LogP contribution in [0.15, 0.2) is 24.3 Å². The summed E-state index contributed by atoms with van der Waals surface area (Å²) in [5.74, 6) is 1.25. The lowest BCUT2D eigenvalue weighted by Gasteiger charge is -2.05. The van der Waals surface area contributed by atoms with Gasteiger partial charge in [-0.2, -0.15) is 11.8 Å². The quantitative estimate of drug-likeness (QED) is 0.713. The molecule has 0 fully saturated rings. The van der Waals surface area contributed by atoms with E-state index in [-0.39, 0.29) is 0 Å². The van der Waals surface area contributed by atoms with E-state index in [9.17, 15) is 0 Å². The van der Waals surface area contributed by atoms with Gasteiger partial charge in [0.25, 0.3) is 0 Å². The molecular weight excluding hydrogens is 202 g/mol. The van der Waals surface area contributed by atoms with Crippen molar-refractivity contribution in [1.29, 1.82) is 0 Å². The fourth-order valence-electron chi connectivity index (χ4n) is 1.47. The predicted octanol–water partition coefficient (Wildman–Crippen LogP) is 3.09. The van der Waals surface area contributed by atoms with Gasteiger partial charge in [-0.25, -0.2) is 0 Å². The molecule has 0 aliphatic rings. The van der Waals surface area contributed by atoms with Crippen LogP contribution < -0.4 is 5.32 Å². The highest BCUT2D eigenvalue weighted by Gasteiger charge is 1.93. The summed E-state index contributed by atoms with van der Waals surface area (Å²) in [6.07, 6.45) is 4.54. The Kier molecular flexibility index (Phi) is 6.53. The lowest BCUT2D eigenvalue weighted by molar-refractivity contribution is 0.679. The topological polar surface area (TPSA) is 12.0 Å². The monoisotopic (exact) mass is 223 g/mol. The van der Waals surface area contributed by atoms with Gasteiger partial charge >= 0.3 is 0 Å². The van der Waals surface area contributed by atoms with Gasteiger partial charge in [-0.15, -0.1) is 0 Å². The third kappa shape index (κ3) is 5.24. The van der Waals surface area contributed by atoms with E-state index >= 15 is 0 Å². The zero-order valence-corrected chi connectivity index (χ0v) is 10.6. The maximum absolute atomic E-state index is 3.46. The first-order valence-electron chi connectivity index (χ1n) is 5.64. The van der Waals surface area contributed by atoms with Crippen LogP contribution in [0.4, 0.5) is 0 Å². The number of rotatable bonds is 7. The molecular formula is C13H21NS. The van der Waals surface area contributed by atoms with Crippen LogP contribution in [-0.4, -0.2) is 18.6 Å². The van der Waals surface area contributed by atoms with Gasteiger partial charge in [0.2, 0.25) is 0 Å². The predicted molar refractivity (Wildman–Crippen MR) is 70.5 cm³/mol. The number of aryl methyl sites for hydroxylation is 1. The molecule has 1 aromatic carbocycles. The smallest absolute Gasteiger partial charge is 0.0205 e. The maximum Gasteiger partial charge on any atom is 0.0205 e. The van der Waals surface area contributed by atoms with Crippen LogP contribution in [0, 0.1) is 0 Å². The largest absolute Gasteiger partial charge is 0.313 e. The van der Waals surface area contributed by atoms with E-state index in [4.69, 9.17) is 0 Å². The molecule has 0 spiro atoms. The van der Waals surface area contributed by atoms with Crippen LogP contribution in [0.2, 0.25) is 0 Å². The molecule has 1 N–H and O–H groups in total. The molecule has 0 aliphatic heterocycles. The number of hydrogen-bond donors (Lipinski definition) is 1. The normalized spacial score (nSPS) is 10.5. The molecule has 1 aromatic rings. The molecule has 0 saturated carbocycles. The van der Waals surface area contributed by atoms with Crippen molar-refractivity contribution in [3.8, 4) is 0 Å². The minimum atomic E-state index is 0.998. The van der Waals surface area contributed by atoms with Crippen molar-refractivity contribution in [2.24, 2.45) is 0 Å². The Labute approximate surface area is 97.7 Å². The van der Waals surface area contributed by atoms with Crippen molar-refractivity contribution < 1.29 is 0 Å². The molecule has 1 nitrogen and oxygen atoms in total. The van der Waals surface area contributed by atoms with E-state index in [1.807, 2.05) is 11.8 Å². The first-order valence-corrected chi connectivity index (χ1v) is 7.03. The van der Waals surface area contributed by atoms with E-state index in [2.05, 4.69) is 42.8 Å². The van der Waals surface area contributed by atoms with Gasteiger partial charge in [-0.3, -0.25) is 0 Å². The molecule has 0 radical (unpaired) electrons. The number of hydrogen-bond acceptors (Lipinski definition) is 2. The lowest BCUT2D eigenvalue weighted by atomic mass is 10.1. The van der Waals surface area contributed by atoms with Crippen LogP contribution in [-0.2, 0) is 13.0 Å². The number of thioether (sulfide) groups is 1. The van der Waals surface area contributed by atoms with Crippen molar-refractivity contribution in [2.45, 2.75) is 26.3 Å². The summed E-state index contributed by atoms with van der Waals surface area (Å²) in [4.78, 5) is 0. The molecule has 0 heterocycles. The van der Waals surface area contributed by atoms with Gasteiger partial charge in [0, 0.05) is 6.54 Å². The Bertz CT molecular complexity index is 256. The summed E-state index contributed by atoms with van der Waals surface area (Å²) in [5.41, 5.74) is 2.80. The van der Waals surface area contributed by atoms with Crippen molar-refractivity contribution >= 4 is 11.8 Å². The van der Waals surface area contributed by atoms with Crippen LogP contribution >= 0.6 is 11.8 Å². The number of nitrogens with one attached hydrogen (secondary N) is 1. The molecule has 84 valence electrons. The molecule has 0 bridgehead atoms. The molecule has 0 aromatic heterocycles. The van der Waals surface area contributed by atoms with E-state index in [1.165, 1.54) is 23.3 Å². The fraction of sp³-hybridized carbons (Fsp3) is 0.538. The molecule has 0 atom stereocenters. The van der Waals surface area contributed by atoms with Gasteiger partial charge in [-0.05, 0) is 42.5 Å². The van der Waals surface area contributed by atoms with Gasteiger partial charge < -0.3 is 5.32 Å². The summed E-state index contributed by atoms with van der Waals surface area (Å²) >= 11 is 1.91. The van der Waals surface area contributed by atoms with Crippen LogP contribution in [0.25, 0.3) is 0 Å². The Balaban J connectivity index is 2.20. The fourth-order valence-corrected chi connectivity index (χ4v) is 1.90. The Morgan fingerprint density at radius 1 is 1.13 bits per heavy atom. The lowest BCUT2D eigenvalue weighted by Crippen LogP contribution is -2.15. The molecule has 0 aliphatic carbocycles. The highest BCUT2D eigenvalue weighted by atomic mass is 32.2. The van der Waals surface area contributed by atoms with Gasteiger partial charge in [-0.1, -0.05) is 31.2 Å². The summed E-state index contributed by atoms with van der Waals surface area (Å²) in [6.45, 7) is 4.31. The highest BCUT2D eigenvalue weighted by Crippen LogP contribution is 2.04. The Hall–Kier alpha value is -0.470. The molecule has 0 saturated heterocycles. The first kappa shape index (κ1) is 12.6. The van der Waals surface area contributed by atoms with Gasteiger partial charge in [0.05, 0.1) is 0 Å². The zero-order chi connectivity index (χ0) is 10.9. The highest BCUT2D eigenvalue weighted by molar-refractivity contribution is 7.98. The van der Waals surface area contributed by atoms with Crippen LogP contribution in [0.1, 0.15) is 24.5 Å². The van der Waals surface area contributed by atoms with Crippen LogP contribution in [0.5, 0.6) is 0 Å². The third-order valence-corrected chi connectivity index (χ3v) is 3.16. The second kappa shape index (κ2) is 7.77. The van der Waals surface area contributed by atoms with Crippen LogP contribution in [0.3, 0.4) is 0 Å². The average Bonchev–Trinajstić information content (AvgIpc) is 2.30. The van der Waals surface area contributed by atoms with Crippen molar-refractivity contribution in [1.82, 2.24) is 5.32 Å². The van der Waals surface area contributed by atoms with E-state index < -0.39 is 0 Å². The number of benzene rings is 1. The first-order chi connectivity index (χ1) is 7.36. The Morgan fingerprint density at radius 3 is 2.40 bits per heavy atom. The molecule has 1 rings (SSSR count). The summed E-state index contributed by atoms with van der Waals surface area (Å²) < 4.78 is 0. The minimum Gasteiger partial charge on any atom is -0.313 e. The second-order valence-electron chi connectivity index (χ2n) is 3.69. The van der Waals surface area contributed by atoms with Gasteiger partial charge in [0.1, 0.15) is 0 Å². The minimum absolute atomic E-state index is 0.998.